The summed E-state index contributed by atoms with van der Waals surface area (Å²) in [6, 6.07) is 95.3. The van der Waals surface area contributed by atoms with Crippen LogP contribution >= 0.6 is 0 Å². The lowest BCUT2D eigenvalue weighted by atomic mass is 9.64. The summed E-state index contributed by atoms with van der Waals surface area (Å²) < 4.78 is 0. The molecule has 332 valence electrons. The fourth-order valence-corrected chi connectivity index (χ4v) is 12.6. The molecule has 10 aromatic carbocycles. The molecule has 3 aliphatic carbocycles. The molecule has 13 rings (SSSR count). The number of hydrogen-bond donors (Lipinski definition) is 0. The van der Waals surface area contributed by atoms with Gasteiger partial charge in [0.15, 0.2) is 0 Å². The van der Waals surface area contributed by atoms with Crippen molar-refractivity contribution in [1.82, 2.24) is 0 Å². The first-order valence-electron chi connectivity index (χ1n) is 24.7. The maximum Gasteiger partial charge on any atom is 0.0734 e. The van der Waals surface area contributed by atoms with E-state index in [0.717, 1.165) is 23.5 Å². The Morgan fingerprint density at radius 1 is 0.400 bits per heavy atom. The van der Waals surface area contributed by atoms with Crippen LogP contribution in [-0.2, 0) is 10.8 Å². The van der Waals surface area contributed by atoms with Gasteiger partial charge in [-0.1, -0.05) is 254 Å². The van der Waals surface area contributed by atoms with Gasteiger partial charge >= 0.3 is 0 Å². The molecule has 1 nitrogen and oxygen atoms in total. The second kappa shape index (κ2) is 16.9. The van der Waals surface area contributed by atoms with E-state index in [9.17, 15) is 0 Å². The molecule has 3 aliphatic rings. The van der Waals surface area contributed by atoms with Crippen LogP contribution in [0.25, 0.3) is 33.4 Å². The van der Waals surface area contributed by atoms with Crippen molar-refractivity contribution in [2.24, 2.45) is 0 Å². The van der Waals surface area contributed by atoms with E-state index >= 15 is 0 Å². The van der Waals surface area contributed by atoms with E-state index in [0.29, 0.717) is 0 Å². The summed E-state index contributed by atoms with van der Waals surface area (Å²) >= 11 is 0. The van der Waals surface area contributed by atoms with Crippen LogP contribution in [0.5, 0.6) is 0 Å². The number of para-hydroxylation sites is 1. The van der Waals surface area contributed by atoms with Crippen LogP contribution in [0.15, 0.2) is 279 Å². The van der Waals surface area contributed by atoms with E-state index < -0.39 is 10.8 Å². The Morgan fingerprint density at radius 2 is 0.929 bits per heavy atom. The highest BCUT2D eigenvalue weighted by atomic mass is 15.1. The van der Waals surface area contributed by atoms with Crippen molar-refractivity contribution in [3.05, 3.63) is 329 Å². The van der Waals surface area contributed by atoms with E-state index in [2.05, 4.69) is 285 Å². The summed E-state index contributed by atoms with van der Waals surface area (Å²) in [7, 11) is 0. The van der Waals surface area contributed by atoms with Crippen molar-refractivity contribution >= 4 is 17.1 Å². The van der Waals surface area contributed by atoms with Crippen LogP contribution in [0.4, 0.5) is 17.1 Å². The Morgan fingerprint density at radius 3 is 1.61 bits per heavy atom. The largest absolute Gasteiger partial charge is 0.310 e. The molecule has 0 bridgehead atoms. The van der Waals surface area contributed by atoms with E-state index in [-0.39, 0.29) is 5.92 Å². The normalized spacial score (nSPS) is 15.6. The van der Waals surface area contributed by atoms with Gasteiger partial charge in [-0.15, -0.1) is 0 Å². The minimum atomic E-state index is -0.635. The molecule has 1 atom stereocenters. The summed E-state index contributed by atoms with van der Waals surface area (Å²) in [6.45, 7) is 2.23. The number of rotatable bonds is 9. The summed E-state index contributed by atoms with van der Waals surface area (Å²) in [5, 5.41) is 0. The molecule has 0 radical (unpaired) electrons. The van der Waals surface area contributed by atoms with E-state index in [1.54, 1.807) is 0 Å². The molecule has 0 aromatic heterocycles. The van der Waals surface area contributed by atoms with Crippen LogP contribution in [0.1, 0.15) is 62.4 Å². The van der Waals surface area contributed by atoms with E-state index in [4.69, 9.17) is 0 Å². The van der Waals surface area contributed by atoms with E-state index in [1.165, 1.54) is 89.0 Å². The number of aryl methyl sites for hydroxylation is 1. The summed E-state index contributed by atoms with van der Waals surface area (Å²) in [5.41, 5.74) is 22.6. The molecule has 0 saturated carbocycles. The molecule has 0 fully saturated rings. The SMILES string of the molecule is Cc1ccc2c(c1)C(c1ccccc1)(c1ccccc1)c1c-2cccc1N(c1cccc(C2(C3=CC=CC(c4ccccc4)C3)c3ccccc3-c3ccccc32)c1)c1ccccc1-c1ccccc1. The number of allylic oxidation sites excluding steroid dienone is 4. The molecule has 0 amide bonds. The van der Waals surface area contributed by atoms with Gasteiger partial charge in [0.2, 0.25) is 0 Å². The highest BCUT2D eigenvalue weighted by Crippen LogP contribution is 2.62. The summed E-state index contributed by atoms with van der Waals surface area (Å²) in [4.78, 5) is 2.59. The van der Waals surface area contributed by atoms with Crippen LogP contribution in [0.3, 0.4) is 0 Å². The molecule has 70 heavy (non-hydrogen) atoms. The molecule has 0 heterocycles. The van der Waals surface area contributed by atoms with Crippen LogP contribution in [-0.4, -0.2) is 0 Å². The second-order valence-corrected chi connectivity index (χ2v) is 19.1. The molecular weight excluding hydrogens is 843 g/mol. The minimum absolute atomic E-state index is 0.247. The lowest BCUT2D eigenvalue weighted by Crippen LogP contribution is -2.32. The van der Waals surface area contributed by atoms with E-state index in [1.807, 2.05) is 0 Å². The third-order valence-electron chi connectivity index (χ3n) is 15.5. The van der Waals surface area contributed by atoms with Gasteiger partial charge in [-0.3, -0.25) is 0 Å². The summed E-state index contributed by atoms with van der Waals surface area (Å²) in [5.74, 6) is 0.247. The lowest BCUT2D eigenvalue weighted by Gasteiger charge is -2.40. The Hall–Kier alpha value is -8.52. The summed E-state index contributed by atoms with van der Waals surface area (Å²) in [6.07, 6.45) is 8.02. The third-order valence-corrected chi connectivity index (χ3v) is 15.5. The van der Waals surface area contributed by atoms with Gasteiger partial charge < -0.3 is 4.90 Å². The number of nitrogens with zero attached hydrogens (tertiary/aromatic N) is 1. The molecular formula is C69H51N. The average Bonchev–Trinajstić information content (AvgIpc) is 3.91. The molecule has 1 heteroatoms. The minimum Gasteiger partial charge on any atom is -0.310 e. The van der Waals surface area contributed by atoms with Crippen molar-refractivity contribution in [2.75, 3.05) is 4.90 Å². The zero-order valence-corrected chi connectivity index (χ0v) is 39.2. The molecule has 0 aliphatic heterocycles. The van der Waals surface area contributed by atoms with Crippen LogP contribution in [0.2, 0.25) is 0 Å². The van der Waals surface area contributed by atoms with Gasteiger partial charge in [0.05, 0.1) is 22.2 Å². The predicted octanol–water partition coefficient (Wildman–Crippen LogP) is 17.5. The smallest absolute Gasteiger partial charge is 0.0734 e. The average molecular weight is 894 g/mol. The Balaban J connectivity index is 1.12. The van der Waals surface area contributed by atoms with Crippen molar-refractivity contribution in [3.63, 3.8) is 0 Å². The van der Waals surface area contributed by atoms with Crippen molar-refractivity contribution in [1.29, 1.82) is 0 Å². The first kappa shape index (κ1) is 41.7. The second-order valence-electron chi connectivity index (χ2n) is 19.1. The zero-order chi connectivity index (χ0) is 46.7. The quantitative estimate of drug-likeness (QED) is 0.140. The maximum atomic E-state index is 2.59. The van der Waals surface area contributed by atoms with Gasteiger partial charge in [-0.2, -0.15) is 0 Å². The van der Waals surface area contributed by atoms with Crippen LogP contribution in [0, 0.1) is 6.92 Å². The number of anilines is 3. The highest BCUT2D eigenvalue weighted by Gasteiger charge is 2.50. The number of fused-ring (bicyclic) bond motifs is 6. The van der Waals surface area contributed by atoms with Gasteiger partial charge in [-0.05, 0) is 110 Å². The first-order chi connectivity index (χ1) is 34.7. The topological polar surface area (TPSA) is 3.24 Å². The number of benzene rings is 10. The monoisotopic (exact) mass is 893 g/mol. The molecule has 0 N–H and O–H groups in total. The Labute approximate surface area is 412 Å². The van der Waals surface area contributed by atoms with Gasteiger partial charge in [0, 0.05) is 22.7 Å². The maximum absolute atomic E-state index is 2.59. The number of hydrogen-bond acceptors (Lipinski definition) is 1. The highest BCUT2D eigenvalue weighted by molar-refractivity contribution is 5.97. The third kappa shape index (κ3) is 6.31. The lowest BCUT2D eigenvalue weighted by molar-refractivity contribution is 0.660. The van der Waals surface area contributed by atoms with Gasteiger partial charge in [0.25, 0.3) is 0 Å². The Bertz CT molecular complexity index is 3550. The molecule has 1 unspecified atom stereocenters. The fraction of sp³-hybridized carbons (Fsp3) is 0.0725. The standard InChI is InChI=1S/C69H51N/c1-48-43-44-60-61-38-22-42-66(67(61)69(64(60)45-48,52-28-10-4-11-29-52)53-30-12-5-13-31-53)70(65-41-19-16-35-57(65)50-25-8-3-9-26-50)56-34-21-33-55(47-56)68(54-32-20-27-51(46-54)49-23-6-2-7-24-49)62-39-17-14-36-58(62)59-37-15-18-40-63(59)68/h2-45,47,51H,46H2,1H3. The van der Waals surface area contributed by atoms with Gasteiger partial charge in [-0.25, -0.2) is 0 Å². The first-order valence-corrected chi connectivity index (χ1v) is 24.7. The fourth-order valence-electron chi connectivity index (χ4n) is 12.6. The van der Waals surface area contributed by atoms with Crippen molar-refractivity contribution < 1.29 is 0 Å². The Kier molecular flexibility index (Phi) is 10.1. The molecule has 0 spiro atoms. The molecule has 10 aromatic rings. The molecule has 0 saturated heterocycles. The zero-order valence-electron chi connectivity index (χ0n) is 39.2. The van der Waals surface area contributed by atoms with Crippen molar-refractivity contribution in [2.45, 2.75) is 30.1 Å². The van der Waals surface area contributed by atoms with Crippen molar-refractivity contribution in [3.8, 4) is 33.4 Å². The van der Waals surface area contributed by atoms with Gasteiger partial charge in [0.1, 0.15) is 0 Å². The predicted molar refractivity (Wildman–Crippen MR) is 291 cm³/mol. The van der Waals surface area contributed by atoms with Crippen LogP contribution < -0.4 is 4.90 Å².